The molecular formula is C4H4BrClO2. The van der Waals surface area contributed by atoms with E-state index in [2.05, 4.69) is 27.2 Å². The highest BCUT2D eigenvalue weighted by atomic mass is 79.9. The molecule has 0 radical (unpaired) electrons. The third-order valence-corrected chi connectivity index (χ3v) is 0.790. The van der Waals surface area contributed by atoms with Gasteiger partial charge in [0, 0.05) is 0 Å². The van der Waals surface area contributed by atoms with Crippen LogP contribution in [0.15, 0.2) is 11.6 Å². The van der Waals surface area contributed by atoms with Gasteiger partial charge in [0.15, 0.2) is 0 Å². The molecule has 0 aromatic heterocycles. The van der Waals surface area contributed by atoms with Crippen LogP contribution < -0.4 is 0 Å². The molecule has 0 amide bonds. The highest BCUT2D eigenvalue weighted by molar-refractivity contribution is 9.09. The van der Waals surface area contributed by atoms with E-state index in [9.17, 15) is 4.79 Å². The van der Waals surface area contributed by atoms with E-state index in [0.29, 0.717) is 0 Å². The van der Waals surface area contributed by atoms with Crippen LogP contribution in [0.2, 0.25) is 0 Å². The summed E-state index contributed by atoms with van der Waals surface area (Å²) in [6.45, 7) is 3.14. The Morgan fingerprint density at radius 1 is 1.88 bits per heavy atom. The topological polar surface area (TPSA) is 26.3 Å². The summed E-state index contributed by atoms with van der Waals surface area (Å²) in [5.74, 6) is -0.594. The Bertz CT molecular complexity index is 113. The molecule has 0 aliphatic heterocycles. The van der Waals surface area contributed by atoms with Crippen LogP contribution in [0.3, 0.4) is 0 Å². The molecule has 4 heteroatoms. The summed E-state index contributed by atoms with van der Waals surface area (Å²) in [6.07, 6.45) is 0. The molecule has 0 saturated heterocycles. The molecule has 0 aromatic carbocycles. The average molecular weight is 199 g/mol. The van der Waals surface area contributed by atoms with Crippen molar-refractivity contribution >= 4 is 33.5 Å². The summed E-state index contributed by atoms with van der Waals surface area (Å²) in [5.41, 5.74) is 0.150. The lowest BCUT2D eigenvalue weighted by molar-refractivity contribution is -0.135. The number of carbonyl (C=O) groups excluding carboxylic acids is 1. The van der Waals surface area contributed by atoms with Gasteiger partial charge >= 0.3 is 5.97 Å². The fourth-order valence-electron chi connectivity index (χ4n) is 0.128. The number of halogens is 2. The molecule has 0 bridgehead atoms. The number of hydrogen-bond acceptors (Lipinski definition) is 2. The average Bonchev–Trinajstić information content (AvgIpc) is 1.67. The normalized spacial score (nSPS) is 8.25. The summed E-state index contributed by atoms with van der Waals surface area (Å²) in [7, 11) is 0. The number of alkyl halides is 1. The van der Waals surface area contributed by atoms with Crippen LogP contribution in [0.5, 0.6) is 0 Å². The zero-order chi connectivity index (χ0) is 6.57. The van der Waals surface area contributed by atoms with E-state index in [-0.39, 0.29) is 10.5 Å². The first-order chi connectivity index (χ1) is 3.68. The van der Waals surface area contributed by atoms with E-state index in [1.54, 1.807) is 0 Å². The first kappa shape index (κ1) is 7.98. The van der Waals surface area contributed by atoms with Crippen LogP contribution in [0.4, 0.5) is 0 Å². The second-order valence-electron chi connectivity index (χ2n) is 0.946. The van der Waals surface area contributed by atoms with E-state index in [4.69, 9.17) is 11.6 Å². The SMILES string of the molecule is C=C(Cl)C(=O)OCBr. The fraction of sp³-hybridized carbons (Fsp3) is 0.250. The van der Waals surface area contributed by atoms with Crippen molar-refractivity contribution < 1.29 is 9.53 Å². The van der Waals surface area contributed by atoms with E-state index < -0.39 is 5.97 Å². The summed E-state index contributed by atoms with van der Waals surface area (Å²) in [4.78, 5) is 10.3. The smallest absolute Gasteiger partial charge is 0.349 e. The molecule has 0 aromatic rings. The first-order valence-electron chi connectivity index (χ1n) is 1.76. The van der Waals surface area contributed by atoms with Crippen LogP contribution in [0, 0.1) is 0 Å². The molecule has 0 N–H and O–H groups in total. The highest BCUT2D eigenvalue weighted by Crippen LogP contribution is 1.99. The van der Waals surface area contributed by atoms with Gasteiger partial charge in [-0.3, -0.25) is 0 Å². The van der Waals surface area contributed by atoms with E-state index in [1.165, 1.54) is 0 Å². The van der Waals surface area contributed by atoms with Crippen LogP contribution >= 0.6 is 27.5 Å². The lowest BCUT2D eigenvalue weighted by Gasteiger charge is -1.93. The number of hydrogen-bond donors (Lipinski definition) is 0. The van der Waals surface area contributed by atoms with Crippen LogP contribution in [0.1, 0.15) is 0 Å². The van der Waals surface area contributed by atoms with Crippen molar-refractivity contribution in [2.24, 2.45) is 0 Å². The molecule has 8 heavy (non-hydrogen) atoms. The minimum absolute atomic E-state index is 0.107. The minimum Gasteiger partial charge on any atom is -0.450 e. The number of carbonyl (C=O) groups is 1. The second-order valence-corrected chi connectivity index (χ2v) is 1.86. The molecule has 0 aliphatic rings. The summed E-state index contributed by atoms with van der Waals surface area (Å²) in [5, 5.41) is -0.107. The Labute approximate surface area is 60.6 Å². The number of rotatable bonds is 2. The van der Waals surface area contributed by atoms with Crippen molar-refractivity contribution in [3.8, 4) is 0 Å². The van der Waals surface area contributed by atoms with Gasteiger partial charge < -0.3 is 4.74 Å². The van der Waals surface area contributed by atoms with Crippen molar-refractivity contribution in [3.05, 3.63) is 11.6 Å². The Morgan fingerprint density at radius 2 is 2.38 bits per heavy atom. The monoisotopic (exact) mass is 198 g/mol. The second kappa shape index (κ2) is 3.92. The highest BCUT2D eigenvalue weighted by Gasteiger charge is 2.01. The van der Waals surface area contributed by atoms with E-state index in [0.717, 1.165) is 0 Å². The third-order valence-electron chi connectivity index (χ3n) is 0.407. The molecule has 46 valence electrons. The molecule has 0 aliphatic carbocycles. The molecule has 2 nitrogen and oxygen atoms in total. The molecular weight excluding hydrogens is 195 g/mol. The van der Waals surface area contributed by atoms with Gasteiger partial charge in [0.2, 0.25) is 0 Å². The Hall–Kier alpha value is -0.0200. The lowest BCUT2D eigenvalue weighted by Crippen LogP contribution is -2.00. The van der Waals surface area contributed by atoms with Gasteiger partial charge in [-0.1, -0.05) is 18.2 Å². The van der Waals surface area contributed by atoms with Crippen LogP contribution in [-0.4, -0.2) is 11.5 Å². The van der Waals surface area contributed by atoms with Crippen LogP contribution in [-0.2, 0) is 9.53 Å². The van der Waals surface area contributed by atoms with Crippen LogP contribution in [0.25, 0.3) is 0 Å². The van der Waals surface area contributed by atoms with E-state index >= 15 is 0 Å². The molecule has 0 unspecified atom stereocenters. The summed E-state index contributed by atoms with van der Waals surface area (Å²) < 4.78 is 4.35. The fourth-order valence-corrected chi connectivity index (χ4v) is 0.390. The third kappa shape index (κ3) is 3.04. The summed E-state index contributed by atoms with van der Waals surface area (Å²) >= 11 is 7.99. The van der Waals surface area contributed by atoms with Gasteiger partial charge in [-0.15, -0.1) is 0 Å². The molecule has 0 saturated carbocycles. The maximum absolute atomic E-state index is 10.3. The van der Waals surface area contributed by atoms with Crippen molar-refractivity contribution in [2.75, 3.05) is 5.52 Å². The van der Waals surface area contributed by atoms with Gasteiger partial charge in [-0.05, 0) is 15.9 Å². The van der Waals surface area contributed by atoms with Crippen molar-refractivity contribution in [2.45, 2.75) is 0 Å². The number of ether oxygens (including phenoxy) is 1. The molecule has 0 spiro atoms. The predicted octanol–water partition coefficient (Wildman–Crippen LogP) is 1.63. The van der Waals surface area contributed by atoms with Crippen molar-refractivity contribution in [3.63, 3.8) is 0 Å². The molecule has 0 heterocycles. The quantitative estimate of drug-likeness (QED) is 0.384. The Morgan fingerprint density at radius 3 is 2.50 bits per heavy atom. The zero-order valence-electron chi connectivity index (χ0n) is 3.99. The molecule has 0 atom stereocenters. The van der Waals surface area contributed by atoms with Gasteiger partial charge in [0.1, 0.15) is 10.5 Å². The van der Waals surface area contributed by atoms with Gasteiger partial charge in [-0.2, -0.15) is 0 Å². The zero-order valence-corrected chi connectivity index (χ0v) is 6.33. The summed E-state index contributed by atoms with van der Waals surface area (Å²) in [6, 6.07) is 0. The van der Waals surface area contributed by atoms with Crippen molar-refractivity contribution in [1.29, 1.82) is 0 Å². The molecule has 0 rings (SSSR count). The van der Waals surface area contributed by atoms with Gasteiger partial charge in [0.25, 0.3) is 0 Å². The minimum atomic E-state index is -0.594. The predicted molar refractivity (Wildman–Crippen MR) is 34.9 cm³/mol. The van der Waals surface area contributed by atoms with Crippen molar-refractivity contribution in [1.82, 2.24) is 0 Å². The Balaban J connectivity index is 3.49. The maximum Gasteiger partial charge on any atom is 0.349 e. The Kier molecular flexibility index (Phi) is 3.91. The first-order valence-corrected chi connectivity index (χ1v) is 3.26. The van der Waals surface area contributed by atoms with Gasteiger partial charge in [0.05, 0.1) is 0 Å². The standard InChI is InChI=1S/C4H4BrClO2/c1-3(6)4(7)8-2-5/h1-2H2. The number of esters is 1. The lowest BCUT2D eigenvalue weighted by atomic mass is 10.7. The molecule has 0 fully saturated rings. The maximum atomic E-state index is 10.3. The van der Waals surface area contributed by atoms with E-state index in [1.807, 2.05) is 0 Å². The van der Waals surface area contributed by atoms with Gasteiger partial charge in [-0.25, -0.2) is 4.79 Å². The largest absolute Gasteiger partial charge is 0.450 e.